The molecule has 0 radical (unpaired) electrons. The third-order valence-corrected chi connectivity index (χ3v) is 4.70. The van der Waals surface area contributed by atoms with E-state index in [0.29, 0.717) is 6.04 Å². The first kappa shape index (κ1) is 14.6. The molecule has 0 spiro atoms. The fourth-order valence-corrected chi connectivity index (χ4v) is 3.18. The van der Waals surface area contributed by atoms with Crippen LogP contribution in [-0.4, -0.2) is 28.7 Å². The number of alkyl halides is 1. The van der Waals surface area contributed by atoms with Crippen LogP contribution >= 0.6 is 15.9 Å². The van der Waals surface area contributed by atoms with Crippen molar-refractivity contribution < 1.29 is 4.79 Å². The summed E-state index contributed by atoms with van der Waals surface area (Å²) in [6.45, 7) is 5.03. The molecule has 1 unspecified atom stereocenters. The van der Waals surface area contributed by atoms with E-state index in [1.807, 2.05) is 19.1 Å². The number of amides is 1. The Morgan fingerprint density at radius 2 is 2.21 bits per heavy atom. The number of rotatable bonds is 4. The topological polar surface area (TPSA) is 20.3 Å². The maximum atomic E-state index is 12.7. The van der Waals surface area contributed by atoms with E-state index in [4.69, 9.17) is 0 Å². The summed E-state index contributed by atoms with van der Waals surface area (Å²) >= 11 is 3.48. The van der Waals surface area contributed by atoms with Crippen molar-refractivity contribution in [3.63, 3.8) is 0 Å². The average molecular weight is 324 g/mol. The Morgan fingerprint density at radius 3 is 2.95 bits per heavy atom. The van der Waals surface area contributed by atoms with Gasteiger partial charge in [-0.1, -0.05) is 28.1 Å². The Labute approximate surface area is 124 Å². The van der Waals surface area contributed by atoms with Crippen molar-refractivity contribution >= 4 is 21.8 Å². The summed E-state index contributed by atoms with van der Waals surface area (Å²) in [4.78, 5) is 14.8. The van der Waals surface area contributed by atoms with Gasteiger partial charge in [0.05, 0.1) is 0 Å². The van der Waals surface area contributed by atoms with Gasteiger partial charge in [0.15, 0.2) is 0 Å². The summed E-state index contributed by atoms with van der Waals surface area (Å²) in [5.41, 5.74) is 3.20. The van der Waals surface area contributed by atoms with Crippen molar-refractivity contribution in [2.45, 2.75) is 45.6 Å². The molecule has 1 aromatic carbocycles. The largest absolute Gasteiger partial charge is 0.336 e. The van der Waals surface area contributed by atoms with Gasteiger partial charge in [0.1, 0.15) is 0 Å². The maximum absolute atomic E-state index is 12.7. The summed E-state index contributed by atoms with van der Waals surface area (Å²) in [6, 6.07) is 6.45. The first-order chi connectivity index (χ1) is 9.15. The second-order valence-electron chi connectivity index (χ2n) is 5.37. The molecule has 2 nitrogen and oxygen atoms in total. The molecule has 1 aliphatic rings. The van der Waals surface area contributed by atoms with E-state index in [9.17, 15) is 4.79 Å². The highest BCUT2D eigenvalue weighted by Crippen LogP contribution is 2.25. The van der Waals surface area contributed by atoms with E-state index in [-0.39, 0.29) is 5.91 Å². The molecule has 1 aromatic rings. The second kappa shape index (κ2) is 6.56. The number of carbonyl (C=O) groups is 1. The molecule has 1 amide bonds. The summed E-state index contributed by atoms with van der Waals surface area (Å²) in [7, 11) is 0. The van der Waals surface area contributed by atoms with E-state index in [1.165, 1.54) is 5.56 Å². The minimum Gasteiger partial charge on any atom is -0.336 e. The Balaban J connectivity index is 2.16. The van der Waals surface area contributed by atoms with Crippen LogP contribution in [0.2, 0.25) is 0 Å². The molecular formula is C16H22BrNO. The summed E-state index contributed by atoms with van der Waals surface area (Å²) in [5, 5.41) is 1.02. The fourth-order valence-electron chi connectivity index (χ4n) is 2.85. The highest BCUT2D eigenvalue weighted by Gasteiger charge is 2.29. The Kier molecular flexibility index (Phi) is 5.03. The fraction of sp³-hybridized carbons (Fsp3) is 0.562. The van der Waals surface area contributed by atoms with Crippen LogP contribution in [0.3, 0.4) is 0 Å². The zero-order valence-electron chi connectivity index (χ0n) is 11.8. The first-order valence-electron chi connectivity index (χ1n) is 7.08. The van der Waals surface area contributed by atoms with E-state index < -0.39 is 0 Å². The SMILES string of the molecule is Cc1cccc(C(=O)N2CCCC2CCCBr)c1C. The lowest BCUT2D eigenvalue weighted by molar-refractivity contribution is 0.0729. The third kappa shape index (κ3) is 3.19. The number of aryl methyl sites for hydroxylation is 1. The van der Waals surface area contributed by atoms with E-state index >= 15 is 0 Å². The van der Waals surface area contributed by atoms with Gasteiger partial charge in [0, 0.05) is 23.5 Å². The molecule has 0 bridgehead atoms. The van der Waals surface area contributed by atoms with Crippen LogP contribution in [-0.2, 0) is 0 Å². The van der Waals surface area contributed by atoms with E-state index in [2.05, 4.69) is 33.8 Å². The van der Waals surface area contributed by atoms with E-state index in [1.54, 1.807) is 0 Å². The minimum absolute atomic E-state index is 0.221. The van der Waals surface area contributed by atoms with Crippen molar-refractivity contribution in [1.29, 1.82) is 0 Å². The van der Waals surface area contributed by atoms with Crippen LogP contribution in [0.25, 0.3) is 0 Å². The molecule has 0 N–H and O–H groups in total. The zero-order chi connectivity index (χ0) is 13.8. The van der Waals surface area contributed by atoms with Gasteiger partial charge in [-0.15, -0.1) is 0 Å². The lowest BCUT2D eigenvalue weighted by Crippen LogP contribution is -2.36. The van der Waals surface area contributed by atoms with Crippen molar-refractivity contribution in [1.82, 2.24) is 4.90 Å². The smallest absolute Gasteiger partial charge is 0.254 e. The third-order valence-electron chi connectivity index (χ3n) is 4.14. The van der Waals surface area contributed by atoms with Crippen LogP contribution in [0.1, 0.15) is 47.2 Å². The highest BCUT2D eigenvalue weighted by atomic mass is 79.9. The number of hydrogen-bond donors (Lipinski definition) is 0. The van der Waals surface area contributed by atoms with Gasteiger partial charge in [0.2, 0.25) is 0 Å². The Bertz CT molecular complexity index is 458. The number of likely N-dealkylation sites (tertiary alicyclic amines) is 1. The monoisotopic (exact) mass is 323 g/mol. The predicted octanol–water partition coefficient (Wildman–Crippen LogP) is 4.08. The van der Waals surface area contributed by atoms with Gasteiger partial charge in [-0.05, 0) is 56.7 Å². The standard InChI is InChI=1S/C16H22BrNO/c1-12-6-3-9-15(13(12)2)16(19)18-11-5-8-14(18)7-4-10-17/h3,6,9,14H,4-5,7-8,10-11H2,1-2H3. The maximum Gasteiger partial charge on any atom is 0.254 e. The molecule has 0 aromatic heterocycles. The second-order valence-corrected chi connectivity index (χ2v) is 6.17. The molecule has 1 heterocycles. The normalized spacial score (nSPS) is 18.9. The lowest BCUT2D eigenvalue weighted by atomic mass is 10.0. The van der Waals surface area contributed by atoms with Crippen LogP contribution < -0.4 is 0 Å². The average Bonchev–Trinajstić information content (AvgIpc) is 2.87. The predicted molar refractivity (Wildman–Crippen MR) is 83.0 cm³/mol. The molecule has 3 heteroatoms. The zero-order valence-corrected chi connectivity index (χ0v) is 13.4. The summed E-state index contributed by atoms with van der Waals surface area (Å²) in [5.74, 6) is 0.221. The molecule has 1 atom stereocenters. The number of carbonyl (C=O) groups excluding carboxylic acids is 1. The van der Waals surface area contributed by atoms with Crippen molar-refractivity contribution in [2.24, 2.45) is 0 Å². The molecule has 19 heavy (non-hydrogen) atoms. The van der Waals surface area contributed by atoms with Crippen molar-refractivity contribution in [2.75, 3.05) is 11.9 Å². The molecule has 2 rings (SSSR count). The molecule has 0 saturated carbocycles. The highest BCUT2D eigenvalue weighted by molar-refractivity contribution is 9.09. The molecule has 1 fully saturated rings. The Hall–Kier alpha value is -0.830. The van der Waals surface area contributed by atoms with Gasteiger partial charge >= 0.3 is 0 Å². The number of halogens is 1. The van der Waals surface area contributed by atoms with Gasteiger partial charge < -0.3 is 4.90 Å². The molecule has 0 aliphatic carbocycles. The number of nitrogens with zero attached hydrogens (tertiary/aromatic N) is 1. The van der Waals surface area contributed by atoms with Crippen LogP contribution in [0.5, 0.6) is 0 Å². The van der Waals surface area contributed by atoms with Crippen molar-refractivity contribution in [3.05, 3.63) is 34.9 Å². The van der Waals surface area contributed by atoms with Gasteiger partial charge in [-0.3, -0.25) is 4.79 Å². The van der Waals surface area contributed by atoms with Crippen LogP contribution in [0.15, 0.2) is 18.2 Å². The molecule has 104 valence electrons. The number of hydrogen-bond acceptors (Lipinski definition) is 1. The van der Waals surface area contributed by atoms with Crippen LogP contribution in [0.4, 0.5) is 0 Å². The van der Waals surface area contributed by atoms with Gasteiger partial charge in [0.25, 0.3) is 5.91 Å². The lowest BCUT2D eigenvalue weighted by Gasteiger charge is -2.25. The number of benzene rings is 1. The Morgan fingerprint density at radius 1 is 1.42 bits per heavy atom. The van der Waals surface area contributed by atoms with Crippen LogP contribution in [0, 0.1) is 13.8 Å². The van der Waals surface area contributed by atoms with Crippen molar-refractivity contribution in [3.8, 4) is 0 Å². The summed E-state index contributed by atoms with van der Waals surface area (Å²) in [6.07, 6.45) is 4.55. The molecular weight excluding hydrogens is 302 g/mol. The minimum atomic E-state index is 0.221. The quantitative estimate of drug-likeness (QED) is 0.764. The first-order valence-corrected chi connectivity index (χ1v) is 8.20. The van der Waals surface area contributed by atoms with E-state index in [0.717, 1.165) is 48.7 Å². The van der Waals surface area contributed by atoms with Gasteiger partial charge in [-0.25, -0.2) is 0 Å². The summed E-state index contributed by atoms with van der Waals surface area (Å²) < 4.78 is 0. The molecule has 1 saturated heterocycles. The van der Waals surface area contributed by atoms with Gasteiger partial charge in [-0.2, -0.15) is 0 Å². The molecule has 1 aliphatic heterocycles.